The molecule has 0 amide bonds. The summed E-state index contributed by atoms with van der Waals surface area (Å²) in [6, 6.07) is 8.17. The molecule has 0 aliphatic heterocycles. The van der Waals surface area contributed by atoms with Gasteiger partial charge in [0.2, 0.25) is 0 Å². The molecule has 0 saturated heterocycles. The van der Waals surface area contributed by atoms with Crippen LogP contribution in [-0.2, 0) is 10.0 Å². The number of hydrogen-bond acceptors (Lipinski definition) is 4. The van der Waals surface area contributed by atoms with Gasteiger partial charge in [-0.25, -0.2) is 13.4 Å². The van der Waals surface area contributed by atoms with Gasteiger partial charge in [-0.05, 0) is 28.1 Å². The standard InChI is InChI=1S/C9H7BrN2O2S2/c10-8-6-11-9(15-8)12-16(13,14)7-4-2-1-3-5-7/h1-6H,(H,11,12). The quantitative estimate of drug-likeness (QED) is 0.946. The van der Waals surface area contributed by atoms with Crippen LogP contribution < -0.4 is 4.72 Å². The molecule has 16 heavy (non-hydrogen) atoms. The Morgan fingerprint density at radius 3 is 2.50 bits per heavy atom. The van der Waals surface area contributed by atoms with Crippen molar-refractivity contribution in [3.63, 3.8) is 0 Å². The van der Waals surface area contributed by atoms with Crippen molar-refractivity contribution < 1.29 is 8.42 Å². The Balaban J connectivity index is 2.28. The molecule has 0 atom stereocenters. The highest BCUT2D eigenvalue weighted by atomic mass is 79.9. The number of nitrogens with one attached hydrogen (secondary N) is 1. The van der Waals surface area contributed by atoms with Crippen LogP contribution in [0.2, 0.25) is 0 Å². The van der Waals surface area contributed by atoms with Crippen LogP contribution >= 0.6 is 27.3 Å². The van der Waals surface area contributed by atoms with Crippen LogP contribution in [0.5, 0.6) is 0 Å². The topological polar surface area (TPSA) is 59.1 Å². The lowest BCUT2D eigenvalue weighted by Crippen LogP contribution is -2.12. The van der Waals surface area contributed by atoms with Gasteiger partial charge in [-0.3, -0.25) is 4.72 Å². The van der Waals surface area contributed by atoms with E-state index in [4.69, 9.17) is 0 Å². The van der Waals surface area contributed by atoms with E-state index in [-0.39, 0.29) is 4.90 Å². The van der Waals surface area contributed by atoms with Gasteiger partial charge in [0, 0.05) is 0 Å². The van der Waals surface area contributed by atoms with E-state index in [1.807, 2.05) is 0 Å². The maximum atomic E-state index is 11.9. The van der Waals surface area contributed by atoms with Crippen LogP contribution in [0.25, 0.3) is 0 Å². The van der Waals surface area contributed by atoms with Gasteiger partial charge in [0.15, 0.2) is 5.13 Å². The highest BCUT2D eigenvalue weighted by Crippen LogP contribution is 2.25. The smallest absolute Gasteiger partial charge is 0.255 e. The maximum Gasteiger partial charge on any atom is 0.263 e. The van der Waals surface area contributed by atoms with Crippen LogP contribution in [0.1, 0.15) is 0 Å². The van der Waals surface area contributed by atoms with E-state index in [2.05, 4.69) is 25.6 Å². The average molecular weight is 319 g/mol. The van der Waals surface area contributed by atoms with E-state index < -0.39 is 10.0 Å². The summed E-state index contributed by atoms with van der Waals surface area (Å²) < 4.78 is 26.9. The number of nitrogens with zero attached hydrogens (tertiary/aromatic N) is 1. The molecule has 1 N–H and O–H groups in total. The number of sulfonamides is 1. The Morgan fingerprint density at radius 2 is 1.94 bits per heavy atom. The molecule has 0 spiro atoms. The number of benzene rings is 1. The number of anilines is 1. The predicted octanol–water partition coefficient (Wildman–Crippen LogP) is 2.71. The third-order valence-corrected chi connectivity index (χ3v) is 4.63. The van der Waals surface area contributed by atoms with Gasteiger partial charge in [0.05, 0.1) is 14.9 Å². The fraction of sp³-hybridized carbons (Fsp3) is 0. The number of aromatic nitrogens is 1. The molecule has 0 bridgehead atoms. The molecule has 1 aromatic heterocycles. The molecule has 0 unspecified atom stereocenters. The molecule has 2 aromatic rings. The lowest BCUT2D eigenvalue weighted by Gasteiger charge is -2.03. The van der Waals surface area contributed by atoms with Gasteiger partial charge >= 0.3 is 0 Å². The monoisotopic (exact) mass is 318 g/mol. The third kappa shape index (κ3) is 2.60. The lowest BCUT2D eigenvalue weighted by molar-refractivity contribution is 0.601. The zero-order valence-electron chi connectivity index (χ0n) is 7.92. The predicted molar refractivity (Wildman–Crippen MR) is 67.1 cm³/mol. The van der Waals surface area contributed by atoms with Crippen LogP contribution in [0.4, 0.5) is 5.13 Å². The second-order valence-electron chi connectivity index (χ2n) is 2.89. The normalized spacial score (nSPS) is 11.3. The Bertz CT molecular complexity index is 581. The van der Waals surface area contributed by atoms with Crippen molar-refractivity contribution in [2.24, 2.45) is 0 Å². The minimum Gasteiger partial charge on any atom is -0.255 e. The second-order valence-corrected chi connectivity index (χ2v) is 6.98. The summed E-state index contributed by atoms with van der Waals surface area (Å²) in [4.78, 5) is 4.13. The summed E-state index contributed by atoms with van der Waals surface area (Å²) in [6.07, 6.45) is 1.55. The molecule has 0 fully saturated rings. The number of rotatable bonds is 3. The Kier molecular flexibility index (Phi) is 3.27. The van der Waals surface area contributed by atoms with Crippen molar-refractivity contribution in [3.05, 3.63) is 40.3 Å². The summed E-state index contributed by atoms with van der Waals surface area (Å²) in [7, 11) is -3.52. The van der Waals surface area contributed by atoms with Crippen molar-refractivity contribution in [2.75, 3.05) is 4.72 Å². The molecule has 1 heterocycles. The molecule has 0 aliphatic carbocycles. The van der Waals surface area contributed by atoms with E-state index in [1.165, 1.54) is 23.5 Å². The summed E-state index contributed by atoms with van der Waals surface area (Å²) in [6.45, 7) is 0. The van der Waals surface area contributed by atoms with E-state index >= 15 is 0 Å². The molecule has 0 radical (unpaired) electrons. The molecule has 0 aliphatic rings. The number of hydrogen-bond donors (Lipinski definition) is 1. The average Bonchev–Trinajstić information content (AvgIpc) is 2.64. The first-order chi connectivity index (χ1) is 7.58. The van der Waals surface area contributed by atoms with Crippen molar-refractivity contribution >= 4 is 42.4 Å². The van der Waals surface area contributed by atoms with E-state index in [0.717, 1.165) is 3.79 Å². The SMILES string of the molecule is O=S(=O)(Nc1ncc(Br)s1)c1ccccc1. The van der Waals surface area contributed by atoms with Crippen molar-refractivity contribution in [1.82, 2.24) is 4.98 Å². The third-order valence-electron chi connectivity index (χ3n) is 1.75. The molecule has 0 saturated carbocycles. The van der Waals surface area contributed by atoms with Crippen LogP contribution in [0.3, 0.4) is 0 Å². The summed E-state index contributed by atoms with van der Waals surface area (Å²) in [5.74, 6) is 0. The van der Waals surface area contributed by atoms with Gasteiger partial charge < -0.3 is 0 Å². The first-order valence-electron chi connectivity index (χ1n) is 4.27. The van der Waals surface area contributed by atoms with E-state index in [0.29, 0.717) is 5.13 Å². The molecule has 7 heteroatoms. The molecular weight excluding hydrogens is 312 g/mol. The molecular formula is C9H7BrN2O2S2. The Morgan fingerprint density at radius 1 is 1.25 bits per heavy atom. The number of thiazole rings is 1. The van der Waals surface area contributed by atoms with Gasteiger partial charge in [0.1, 0.15) is 0 Å². The van der Waals surface area contributed by atoms with Gasteiger partial charge in [-0.15, -0.1) is 0 Å². The van der Waals surface area contributed by atoms with E-state index in [9.17, 15) is 8.42 Å². The zero-order chi connectivity index (χ0) is 11.6. The molecule has 84 valence electrons. The highest BCUT2D eigenvalue weighted by molar-refractivity contribution is 9.11. The van der Waals surface area contributed by atoms with Crippen LogP contribution in [-0.4, -0.2) is 13.4 Å². The molecule has 1 aromatic carbocycles. The van der Waals surface area contributed by atoms with Gasteiger partial charge in [-0.1, -0.05) is 29.5 Å². The zero-order valence-corrected chi connectivity index (χ0v) is 11.1. The van der Waals surface area contributed by atoms with Crippen molar-refractivity contribution in [3.8, 4) is 0 Å². The molecule has 2 rings (SSSR count). The van der Waals surface area contributed by atoms with E-state index in [1.54, 1.807) is 24.4 Å². The minimum atomic E-state index is -3.52. The fourth-order valence-corrected chi connectivity index (χ4v) is 3.44. The van der Waals surface area contributed by atoms with Crippen molar-refractivity contribution in [1.29, 1.82) is 0 Å². The molecule has 4 nitrogen and oxygen atoms in total. The van der Waals surface area contributed by atoms with Gasteiger partial charge in [0.25, 0.3) is 10.0 Å². The summed E-state index contributed by atoms with van der Waals surface area (Å²) in [5, 5.41) is 0.343. The maximum absolute atomic E-state index is 11.9. The number of halogens is 1. The van der Waals surface area contributed by atoms with Gasteiger partial charge in [-0.2, -0.15) is 0 Å². The van der Waals surface area contributed by atoms with Crippen molar-refractivity contribution in [2.45, 2.75) is 4.90 Å². The second kappa shape index (κ2) is 4.52. The lowest BCUT2D eigenvalue weighted by atomic mass is 10.4. The summed E-state index contributed by atoms with van der Waals surface area (Å²) >= 11 is 4.44. The Hall–Kier alpha value is -0.920. The van der Waals surface area contributed by atoms with Crippen LogP contribution in [0.15, 0.2) is 45.2 Å². The minimum absolute atomic E-state index is 0.223. The Labute approximate surface area is 106 Å². The fourth-order valence-electron chi connectivity index (χ4n) is 1.08. The highest BCUT2D eigenvalue weighted by Gasteiger charge is 2.14. The van der Waals surface area contributed by atoms with Crippen LogP contribution in [0, 0.1) is 0 Å². The first-order valence-corrected chi connectivity index (χ1v) is 7.36. The first kappa shape index (κ1) is 11.6. The largest absolute Gasteiger partial charge is 0.263 e. The summed E-state index contributed by atoms with van der Waals surface area (Å²) in [5.41, 5.74) is 0.